The van der Waals surface area contributed by atoms with Crippen molar-refractivity contribution in [1.29, 1.82) is 0 Å². The Kier molecular flexibility index (Phi) is 9.71. The molecular weight excluding hydrogens is 419 g/mol. The van der Waals surface area contributed by atoms with Crippen LogP contribution in [-0.4, -0.2) is 68.7 Å². The minimum Gasteiger partial charge on any atom is -0.453 e. The second-order valence-corrected chi connectivity index (χ2v) is 8.81. The molecule has 1 aromatic rings. The van der Waals surface area contributed by atoms with Crippen LogP contribution in [0, 0.1) is 12.7 Å². The lowest BCUT2D eigenvalue weighted by atomic mass is 10.0. The van der Waals surface area contributed by atoms with Gasteiger partial charge in [0.2, 0.25) is 0 Å². The van der Waals surface area contributed by atoms with Crippen LogP contribution in [-0.2, 0) is 18.9 Å². The molecule has 1 aliphatic heterocycles. The molecule has 0 saturated carbocycles. The second kappa shape index (κ2) is 12.0. The molecule has 8 nitrogen and oxygen atoms in total. The van der Waals surface area contributed by atoms with E-state index in [-0.39, 0.29) is 37.8 Å². The summed E-state index contributed by atoms with van der Waals surface area (Å²) in [7, 11) is 1.29. The Morgan fingerprint density at radius 1 is 1.31 bits per heavy atom. The fourth-order valence-corrected chi connectivity index (χ4v) is 3.42. The van der Waals surface area contributed by atoms with Crippen LogP contribution in [0.4, 0.5) is 14.0 Å². The van der Waals surface area contributed by atoms with Crippen molar-refractivity contribution in [3.05, 3.63) is 35.1 Å². The van der Waals surface area contributed by atoms with Gasteiger partial charge in [-0.15, -0.1) is 0 Å². The van der Waals surface area contributed by atoms with Crippen molar-refractivity contribution in [2.45, 2.75) is 58.3 Å². The number of hydrogen-bond donors (Lipinski definition) is 1. The second-order valence-electron chi connectivity index (χ2n) is 8.81. The highest BCUT2D eigenvalue weighted by Gasteiger charge is 2.30. The lowest BCUT2D eigenvalue weighted by molar-refractivity contribution is -0.0827. The Bertz CT molecular complexity index is 767. The summed E-state index contributed by atoms with van der Waals surface area (Å²) < 4.78 is 36.0. The van der Waals surface area contributed by atoms with Gasteiger partial charge in [-0.05, 0) is 63.8 Å². The third-order valence-electron chi connectivity index (χ3n) is 4.95. The van der Waals surface area contributed by atoms with E-state index in [4.69, 9.17) is 14.2 Å². The first-order valence-electron chi connectivity index (χ1n) is 10.9. The van der Waals surface area contributed by atoms with Crippen molar-refractivity contribution >= 4 is 12.2 Å². The molecule has 2 atom stereocenters. The summed E-state index contributed by atoms with van der Waals surface area (Å²) >= 11 is 0. The van der Waals surface area contributed by atoms with Crippen LogP contribution in [0.2, 0.25) is 0 Å². The molecule has 0 unspecified atom stereocenters. The number of benzene rings is 1. The van der Waals surface area contributed by atoms with Crippen molar-refractivity contribution in [1.82, 2.24) is 10.2 Å². The maximum Gasteiger partial charge on any atom is 0.410 e. The number of carbonyl (C=O) groups excluding carboxylic acids is 2. The highest BCUT2D eigenvalue weighted by Crippen LogP contribution is 2.27. The highest BCUT2D eigenvalue weighted by atomic mass is 19.1. The molecule has 2 amide bonds. The number of nitrogens with zero attached hydrogens (tertiary/aromatic N) is 1. The molecular formula is C23H35FN2O6. The first-order valence-corrected chi connectivity index (χ1v) is 10.9. The topological polar surface area (TPSA) is 86.3 Å². The van der Waals surface area contributed by atoms with E-state index in [9.17, 15) is 14.0 Å². The molecule has 2 rings (SSSR count). The maximum absolute atomic E-state index is 14.0. The van der Waals surface area contributed by atoms with E-state index in [1.54, 1.807) is 11.0 Å². The van der Waals surface area contributed by atoms with Crippen molar-refractivity contribution in [2.24, 2.45) is 0 Å². The number of hydrogen-bond acceptors (Lipinski definition) is 6. The number of likely N-dealkylation sites (tertiary alicyclic amines) is 1. The summed E-state index contributed by atoms with van der Waals surface area (Å²) in [6.07, 6.45) is -0.106. The van der Waals surface area contributed by atoms with E-state index in [0.29, 0.717) is 18.7 Å². The van der Waals surface area contributed by atoms with E-state index in [1.807, 2.05) is 27.7 Å². The number of rotatable bonds is 8. The molecule has 1 N–H and O–H groups in total. The molecule has 1 aliphatic rings. The van der Waals surface area contributed by atoms with Gasteiger partial charge >= 0.3 is 12.2 Å². The van der Waals surface area contributed by atoms with Crippen LogP contribution in [0.5, 0.6) is 0 Å². The third kappa shape index (κ3) is 8.63. The van der Waals surface area contributed by atoms with Gasteiger partial charge < -0.3 is 29.2 Å². The number of carbonyl (C=O) groups is 2. The van der Waals surface area contributed by atoms with Crippen LogP contribution >= 0.6 is 0 Å². The average Bonchev–Trinajstić information content (AvgIpc) is 2.73. The Hall–Kier alpha value is -2.39. The molecule has 1 aromatic carbocycles. The Morgan fingerprint density at radius 2 is 2.06 bits per heavy atom. The van der Waals surface area contributed by atoms with Gasteiger partial charge in [-0.1, -0.05) is 6.07 Å². The predicted octanol–water partition coefficient (Wildman–Crippen LogP) is 3.96. The molecule has 1 fully saturated rings. The van der Waals surface area contributed by atoms with Crippen LogP contribution in [0.1, 0.15) is 50.8 Å². The standard InChI is InChI=1S/C23H35FN2O6/c1-16-8-9-17(24)13-19(16)20(15-30-12-10-25-21(27)29-5)31-18-7-6-11-26(14-18)22(28)32-23(2,3)4/h8-9,13,18,20H,6-7,10-12,14-15H2,1-5H3,(H,25,27)/t18-,20+/m1/s1. The van der Waals surface area contributed by atoms with E-state index in [1.165, 1.54) is 19.2 Å². The van der Waals surface area contributed by atoms with Crippen molar-refractivity contribution in [3.8, 4) is 0 Å². The van der Waals surface area contributed by atoms with E-state index >= 15 is 0 Å². The molecule has 0 bridgehead atoms. The Labute approximate surface area is 189 Å². The summed E-state index contributed by atoms with van der Waals surface area (Å²) in [6, 6.07) is 4.56. The van der Waals surface area contributed by atoms with Gasteiger partial charge in [0.25, 0.3) is 0 Å². The normalized spacial score (nSPS) is 17.6. The summed E-state index contributed by atoms with van der Waals surface area (Å²) in [5.41, 5.74) is 1.01. The molecule has 180 valence electrons. The number of piperidine rings is 1. The number of nitrogens with one attached hydrogen (secondary N) is 1. The fourth-order valence-electron chi connectivity index (χ4n) is 3.42. The fraction of sp³-hybridized carbons (Fsp3) is 0.652. The monoisotopic (exact) mass is 454 g/mol. The lowest BCUT2D eigenvalue weighted by Crippen LogP contribution is -2.46. The van der Waals surface area contributed by atoms with E-state index in [2.05, 4.69) is 10.1 Å². The summed E-state index contributed by atoms with van der Waals surface area (Å²) in [6.45, 7) is 9.08. The SMILES string of the molecule is COC(=O)NCCOC[C@H](O[C@@H]1CCCN(C(=O)OC(C)(C)C)C1)c1cc(F)ccc1C. The van der Waals surface area contributed by atoms with E-state index in [0.717, 1.165) is 18.4 Å². The average molecular weight is 455 g/mol. The number of methoxy groups -OCH3 is 1. The number of halogens is 1. The Balaban J connectivity index is 2.02. The minimum atomic E-state index is -0.571. The first-order chi connectivity index (χ1) is 15.1. The molecule has 32 heavy (non-hydrogen) atoms. The predicted molar refractivity (Wildman–Crippen MR) is 117 cm³/mol. The van der Waals surface area contributed by atoms with Crippen molar-refractivity contribution < 1.29 is 32.9 Å². The largest absolute Gasteiger partial charge is 0.453 e. The van der Waals surface area contributed by atoms with Crippen molar-refractivity contribution in [3.63, 3.8) is 0 Å². The van der Waals surface area contributed by atoms with Crippen molar-refractivity contribution in [2.75, 3.05) is 40.0 Å². The third-order valence-corrected chi connectivity index (χ3v) is 4.95. The molecule has 0 aromatic heterocycles. The zero-order valence-electron chi connectivity index (χ0n) is 19.6. The summed E-state index contributed by atoms with van der Waals surface area (Å²) in [5, 5.41) is 2.54. The van der Waals surface area contributed by atoms with Crippen LogP contribution in [0.15, 0.2) is 18.2 Å². The number of ether oxygens (including phenoxy) is 4. The maximum atomic E-state index is 14.0. The van der Waals surface area contributed by atoms with Crippen LogP contribution in [0.25, 0.3) is 0 Å². The number of alkyl carbamates (subject to hydrolysis) is 1. The summed E-state index contributed by atoms with van der Waals surface area (Å²) in [4.78, 5) is 25.3. The highest BCUT2D eigenvalue weighted by molar-refractivity contribution is 5.68. The number of amides is 2. The quantitative estimate of drug-likeness (QED) is 0.599. The van der Waals surface area contributed by atoms with Crippen LogP contribution in [0.3, 0.4) is 0 Å². The minimum absolute atomic E-state index is 0.177. The van der Waals surface area contributed by atoms with Gasteiger partial charge in [0.1, 0.15) is 17.5 Å². The van der Waals surface area contributed by atoms with Gasteiger partial charge in [-0.3, -0.25) is 0 Å². The first kappa shape index (κ1) is 25.9. The number of aryl methyl sites for hydroxylation is 1. The molecule has 0 radical (unpaired) electrons. The lowest BCUT2D eigenvalue weighted by Gasteiger charge is -2.36. The van der Waals surface area contributed by atoms with Gasteiger partial charge in [0.15, 0.2) is 0 Å². The molecule has 0 aliphatic carbocycles. The van der Waals surface area contributed by atoms with Gasteiger partial charge in [0, 0.05) is 13.1 Å². The zero-order valence-corrected chi connectivity index (χ0v) is 19.6. The van der Waals surface area contributed by atoms with Gasteiger partial charge in [-0.25, -0.2) is 14.0 Å². The van der Waals surface area contributed by atoms with Gasteiger partial charge in [0.05, 0.1) is 33.0 Å². The smallest absolute Gasteiger partial charge is 0.410 e. The van der Waals surface area contributed by atoms with Crippen LogP contribution < -0.4 is 5.32 Å². The molecule has 1 heterocycles. The van der Waals surface area contributed by atoms with Gasteiger partial charge in [-0.2, -0.15) is 0 Å². The Morgan fingerprint density at radius 3 is 2.75 bits per heavy atom. The molecule has 9 heteroatoms. The van der Waals surface area contributed by atoms with E-state index < -0.39 is 17.8 Å². The summed E-state index contributed by atoms with van der Waals surface area (Å²) in [5.74, 6) is -0.356. The molecule has 1 saturated heterocycles. The zero-order chi connectivity index (χ0) is 23.7. The molecule has 0 spiro atoms.